The van der Waals surface area contributed by atoms with Crippen LogP contribution in [0.5, 0.6) is 0 Å². The molecule has 1 aliphatic rings. The molecule has 0 amide bonds. The molecule has 0 saturated heterocycles. The highest BCUT2D eigenvalue weighted by atomic mass is 19.4. The Hall–Kier alpha value is -0.510. The summed E-state index contributed by atoms with van der Waals surface area (Å²) in [6.07, 6.45) is -0.249. The lowest BCUT2D eigenvalue weighted by Gasteiger charge is -2.33. The first kappa shape index (κ1) is 13.6. The number of aliphatic hydroxyl groups is 1. The minimum absolute atomic E-state index is 0.0851. The van der Waals surface area contributed by atoms with Crippen LogP contribution >= 0.6 is 0 Å². The molecule has 0 spiro atoms. The lowest BCUT2D eigenvalue weighted by atomic mass is 9.77. The van der Waals surface area contributed by atoms with Crippen molar-refractivity contribution in [2.24, 2.45) is 11.8 Å². The van der Waals surface area contributed by atoms with E-state index in [2.05, 4.69) is 6.58 Å². The number of hydrogen-bond donors (Lipinski definition) is 1. The monoisotopic (exact) mass is 236 g/mol. The van der Waals surface area contributed by atoms with Crippen LogP contribution in [0.25, 0.3) is 0 Å². The Kier molecular flexibility index (Phi) is 4.84. The molecule has 0 aromatic carbocycles. The van der Waals surface area contributed by atoms with Gasteiger partial charge < -0.3 is 5.11 Å². The van der Waals surface area contributed by atoms with Crippen molar-refractivity contribution in [3.05, 3.63) is 12.7 Å². The summed E-state index contributed by atoms with van der Waals surface area (Å²) < 4.78 is 37.6. The normalized spacial score (nSPS) is 28.8. The summed E-state index contributed by atoms with van der Waals surface area (Å²) in [5.41, 5.74) is 0. The fourth-order valence-corrected chi connectivity index (χ4v) is 2.40. The Bertz CT molecular complexity index is 225. The predicted molar refractivity (Wildman–Crippen MR) is 56.9 cm³/mol. The number of alkyl halides is 3. The first-order valence-corrected chi connectivity index (χ1v) is 5.80. The Balaban J connectivity index is 2.46. The molecule has 1 N–H and O–H groups in total. The summed E-state index contributed by atoms with van der Waals surface area (Å²) in [7, 11) is 0. The van der Waals surface area contributed by atoms with Gasteiger partial charge in [-0.25, -0.2) is 0 Å². The van der Waals surface area contributed by atoms with Crippen LogP contribution in [0, 0.1) is 11.8 Å². The first-order valence-electron chi connectivity index (χ1n) is 5.80. The quantitative estimate of drug-likeness (QED) is 0.738. The zero-order valence-electron chi connectivity index (χ0n) is 9.34. The van der Waals surface area contributed by atoms with Crippen molar-refractivity contribution in [1.29, 1.82) is 0 Å². The maximum Gasteiger partial charge on any atom is 0.391 e. The van der Waals surface area contributed by atoms with Crippen molar-refractivity contribution in [3.8, 4) is 0 Å². The maximum absolute atomic E-state index is 12.5. The molecule has 3 unspecified atom stereocenters. The van der Waals surface area contributed by atoms with Crippen LogP contribution in [-0.2, 0) is 0 Å². The molecule has 94 valence electrons. The zero-order chi connectivity index (χ0) is 12.2. The maximum atomic E-state index is 12.5. The van der Waals surface area contributed by atoms with Crippen LogP contribution in [0.15, 0.2) is 12.7 Å². The van der Waals surface area contributed by atoms with E-state index >= 15 is 0 Å². The van der Waals surface area contributed by atoms with Gasteiger partial charge >= 0.3 is 6.18 Å². The third kappa shape index (κ3) is 3.81. The van der Waals surface area contributed by atoms with Gasteiger partial charge in [-0.05, 0) is 38.0 Å². The van der Waals surface area contributed by atoms with Crippen molar-refractivity contribution in [2.45, 2.75) is 50.8 Å². The fraction of sp³-hybridized carbons (Fsp3) is 0.833. The highest BCUT2D eigenvalue weighted by molar-refractivity contribution is 4.82. The lowest BCUT2D eigenvalue weighted by Crippen LogP contribution is -2.33. The van der Waals surface area contributed by atoms with Gasteiger partial charge in [-0.3, -0.25) is 0 Å². The second-order valence-electron chi connectivity index (χ2n) is 4.60. The Labute approximate surface area is 94.3 Å². The molecule has 0 aromatic rings. The molecular weight excluding hydrogens is 217 g/mol. The molecule has 0 aliphatic heterocycles. The average Bonchev–Trinajstić information content (AvgIpc) is 2.25. The van der Waals surface area contributed by atoms with E-state index in [0.29, 0.717) is 25.7 Å². The summed E-state index contributed by atoms with van der Waals surface area (Å²) in [4.78, 5) is 0. The van der Waals surface area contributed by atoms with Crippen molar-refractivity contribution in [2.75, 3.05) is 0 Å². The van der Waals surface area contributed by atoms with Gasteiger partial charge in [0.05, 0.1) is 12.0 Å². The van der Waals surface area contributed by atoms with Crippen LogP contribution in [0.2, 0.25) is 0 Å². The van der Waals surface area contributed by atoms with E-state index in [1.807, 2.05) is 0 Å². The van der Waals surface area contributed by atoms with E-state index in [-0.39, 0.29) is 18.8 Å². The summed E-state index contributed by atoms with van der Waals surface area (Å²) in [5, 5.41) is 9.77. The van der Waals surface area contributed by atoms with E-state index in [0.717, 1.165) is 0 Å². The molecule has 0 radical (unpaired) electrons. The van der Waals surface area contributed by atoms with Crippen molar-refractivity contribution < 1.29 is 18.3 Å². The highest BCUT2D eigenvalue weighted by Crippen LogP contribution is 2.41. The molecule has 1 saturated carbocycles. The Morgan fingerprint density at radius 2 is 2.06 bits per heavy atom. The number of aliphatic hydroxyl groups excluding tert-OH is 1. The van der Waals surface area contributed by atoms with Crippen LogP contribution < -0.4 is 0 Å². The van der Waals surface area contributed by atoms with Gasteiger partial charge in [-0.1, -0.05) is 12.5 Å². The Morgan fingerprint density at radius 1 is 1.38 bits per heavy atom. The molecule has 3 atom stereocenters. The van der Waals surface area contributed by atoms with Crippen LogP contribution in [0.1, 0.15) is 38.5 Å². The van der Waals surface area contributed by atoms with E-state index in [1.54, 1.807) is 6.08 Å². The molecule has 1 aliphatic carbocycles. The lowest BCUT2D eigenvalue weighted by molar-refractivity contribution is -0.188. The first-order chi connectivity index (χ1) is 7.45. The fourth-order valence-electron chi connectivity index (χ4n) is 2.40. The molecule has 0 aromatic heterocycles. The molecular formula is C12H19F3O. The standard InChI is InChI=1S/C12H19F3O/c1-2-3-7-11(16)9-5-4-6-10(8-9)12(13,14)15/h2,9-11,16H,1,3-8H2. The van der Waals surface area contributed by atoms with E-state index in [1.165, 1.54) is 0 Å². The van der Waals surface area contributed by atoms with Crippen LogP contribution in [-0.4, -0.2) is 17.4 Å². The molecule has 16 heavy (non-hydrogen) atoms. The second-order valence-corrected chi connectivity index (χ2v) is 4.60. The number of halogens is 3. The number of allylic oxidation sites excluding steroid dienone is 1. The average molecular weight is 236 g/mol. The SMILES string of the molecule is C=CCCC(O)C1CCCC(C(F)(F)F)C1. The molecule has 0 heterocycles. The molecule has 0 bridgehead atoms. The highest BCUT2D eigenvalue weighted by Gasteiger charge is 2.43. The van der Waals surface area contributed by atoms with Crippen molar-refractivity contribution in [1.82, 2.24) is 0 Å². The van der Waals surface area contributed by atoms with E-state index in [4.69, 9.17) is 0 Å². The minimum Gasteiger partial charge on any atom is -0.393 e. The minimum atomic E-state index is -4.10. The van der Waals surface area contributed by atoms with E-state index < -0.39 is 18.2 Å². The van der Waals surface area contributed by atoms with Gasteiger partial charge in [0.1, 0.15) is 0 Å². The van der Waals surface area contributed by atoms with Crippen LogP contribution in [0.3, 0.4) is 0 Å². The van der Waals surface area contributed by atoms with E-state index in [9.17, 15) is 18.3 Å². The van der Waals surface area contributed by atoms with Crippen molar-refractivity contribution in [3.63, 3.8) is 0 Å². The van der Waals surface area contributed by atoms with Gasteiger partial charge in [-0.15, -0.1) is 6.58 Å². The Morgan fingerprint density at radius 3 is 2.62 bits per heavy atom. The number of rotatable bonds is 4. The van der Waals surface area contributed by atoms with Gasteiger partial charge in [-0.2, -0.15) is 13.2 Å². The second kappa shape index (κ2) is 5.71. The van der Waals surface area contributed by atoms with Crippen LogP contribution in [0.4, 0.5) is 13.2 Å². The van der Waals surface area contributed by atoms with Gasteiger partial charge in [0, 0.05) is 0 Å². The summed E-state index contributed by atoms with van der Waals surface area (Å²) >= 11 is 0. The molecule has 1 rings (SSSR count). The topological polar surface area (TPSA) is 20.2 Å². The predicted octanol–water partition coefficient (Wildman–Crippen LogP) is 3.68. The number of hydrogen-bond acceptors (Lipinski definition) is 1. The molecule has 1 nitrogen and oxygen atoms in total. The molecule has 1 fully saturated rings. The van der Waals surface area contributed by atoms with Crippen molar-refractivity contribution >= 4 is 0 Å². The van der Waals surface area contributed by atoms with Gasteiger partial charge in [0.25, 0.3) is 0 Å². The van der Waals surface area contributed by atoms with Gasteiger partial charge in [0.2, 0.25) is 0 Å². The largest absolute Gasteiger partial charge is 0.393 e. The molecule has 4 heteroatoms. The zero-order valence-corrected chi connectivity index (χ0v) is 9.34. The third-order valence-corrected chi connectivity index (χ3v) is 3.39. The summed E-state index contributed by atoms with van der Waals surface area (Å²) in [6.45, 7) is 3.54. The third-order valence-electron chi connectivity index (χ3n) is 3.39. The summed E-state index contributed by atoms with van der Waals surface area (Å²) in [5.74, 6) is -1.41. The smallest absolute Gasteiger partial charge is 0.391 e. The summed E-state index contributed by atoms with van der Waals surface area (Å²) in [6, 6.07) is 0. The van der Waals surface area contributed by atoms with Gasteiger partial charge in [0.15, 0.2) is 0 Å².